The Morgan fingerprint density at radius 3 is 2.76 bits per heavy atom. The number of hydrogen-bond acceptors (Lipinski definition) is 4. The summed E-state index contributed by atoms with van der Waals surface area (Å²) in [5, 5.41) is 5.24. The van der Waals surface area contributed by atoms with Crippen molar-refractivity contribution in [2.24, 2.45) is 5.10 Å². The van der Waals surface area contributed by atoms with E-state index in [1.807, 2.05) is 28.8 Å². The molecule has 1 aliphatic heterocycles. The summed E-state index contributed by atoms with van der Waals surface area (Å²) < 4.78 is 1.84. The topological polar surface area (TPSA) is 59.3 Å². The smallest absolute Gasteiger partial charge is 0.257 e. The van der Waals surface area contributed by atoms with E-state index in [-0.39, 0.29) is 11.6 Å². The van der Waals surface area contributed by atoms with Crippen LogP contribution in [0.5, 0.6) is 0 Å². The van der Waals surface area contributed by atoms with E-state index in [1.165, 1.54) is 0 Å². The lowest BCUT2D eigenvalue weighted by Gasteiger charge is -2.28. The van der Waals surface area contributed by atoms with Crippen LogP contribution in [0.4, 0.5) is 5.69 Å². The quantitative estimate of drug-likeness (QED) is 0.829. The van der Waals surface area contributed by atoms with Crippen LogP contribution in [0.15, 0.2) is 34.2 Å². The molecule has 130 valence electrons. The van der Waals surface area contributed by atoms with Crippen LogP contribution in [0.1, 0.15) is 55.7 Å². The molecule has 2 aliphatic rings. The number of aromatic nitrogens is 2. The fourth-order valence-electron chi connectivity index (χ4n) is 3.63. The lowest BCUT2D eigenvalue weighted by Crippen LogP contribution is -2.38. The molecule has 5 nitrogen and oxygen atoms in total. The van der Waals surface area contributed by atoms with Gasteiger partial charge in [0.05, 0.1) is 11.4 Å². The van der Waals surface area contributed by atoms with Gasteiger partial charge < -0.3 is 0 Å². The van der Waals surface area contributed by atoms with E-state index in [2.05, 4.69) is 17.5 Å². The van der Waals surface area contributed by atoms with Gasteiger partial charge in [-0.2, -0.15) is 5.10 Å². The summed E-state index contributed by atoms with van der Waals surface area (Å²) in [6.07, 6.45) is 5.64. The van der Waals surface area contributed by atoms with Gasteiger partial charge in [0.15, 0.2) is 5.82 Å². The van der Waals surface area contributed by atoms with Crippen LogP contribution < -0.4 is 11.0 Å². The van der Waals surface area contributed by atoms with Crippen LogP contribution in [0, 0.1) is 0 Å². The highest BCUT2D eigenvalue weighted by molar-refractivity contribution is 6.30. The molecule has 4 rings (SSSR count). The molecule has 1 unspecified atom stereocenters. The molecular weight excluding hydrogens is 336 g/mol. The maximum atomic E-state index is 13.0. The van der Waals surface area contributed by atoms with Crippen molar-refractivity contribution < 1.29 is 0 Å². The first-order valence-electron chi connectivity index (χ1n) is 8.86. The Labute approximate surface area is 151 Å². The van der Waals surface area contributed by atoms with Crippen LogP contribution in [-0.4, -0.2) is 15.3 Å². The van der Waals surface area contributed by atoms with Crippen molar-refractivity contribution in [3.8, 4) is 0 Å². The van der Waals surface area contributed by atoms with Crippen LogP contribution in [0.3, 0.4) is 0 Å². The fraction of sp³-hybridized carbons (Fsp3) is 0.421. The number of hydrogen-bond donors (Lipinski definition) is 1. The van der Waals surface area contributed by atoms with E-state index in [0.717, 1.165) is 67.0 Å². The predicted molar refractivity (Wildman–Crippen MR) is 101 cm³/mol. The summed E-state index contributed by atoms with van der Waals surface area (Å²) in [5.41, 5.74) is 6.79. The highest BCUT2D eigenvalue weighted by Crippen LogP contribution is 2.25. The first-order valence-corrected chi connectivity index (χ1v) is 9.24. The Kier molecular flexibility index (Phi) is 4.34. The average Bonchev–Trinajstić information content (AvgIpc) is 2.63. The third-order valence-electron chi connectivity index (χ3n) is 5.05. The Morgan fingerprint density at radius 1 is 1.20 bits per heavy atom. The molecular formula is C19H21ClN4O. The maximum Gasteiger partial charge on any atom is 0.257 e. The zero-order valence-corrected chi connectivity index (χ0v) is 15.0. The number of hydrazone groups is 1. The minimum atomic E-state index is 0.131. The van der Waals surface area contributed by atoms with E-state index < -0.39 is 0 Å². The third kappa shape index (κ3) is 3.09. The van der Waals surface area contributed by atoms with Crippen molar-refractivity contribution in [3.05, 3.63) is 56.7 Å². The molecule has 1 aliphatic carbocycles. The third-order valence-corrected chi connectivity index (χ3v) is 5.30. The maximum absolute atomic E-state index is 13.0. The van der Waals surface area contributed by atoms with Crippen molar-refractivity contribution >= 4 is 23.0 Å². The van der Waals surface area contributed by atoms with Crippen molar-refractivity contribution in [1.82, 2.24) is 9.55 Å². The lowest BCUT2D eigenvalue weighted by molar-refractivity contribution is 0.460. The first kappa shape index (κ1) is 16.3. The first-order chi connectivity index (χ1) is 12.1. The van der Waals surface area contributed by atoms with Gasteiger partial charge in [-0.1, -0.05) is 11.6 Å². The number of benzene rings is 1. The molecule has 0 amide bonds. The van der Waals surface area contributed by atoms with Gasteiger partial charge in [0.1, 0.15) is 5.71 Å². The molecule has 0 radical (unpaired) electrons. The van der Waals surface area contributed by atoms with Gasteiger partial charge in [-0.3, -0.25) is 14.8 Å². The second-order valence-corrected chi connectivity index (χ2v) is 7.24. The van der Waals surface area contributed by atoms with Gasteiger partial charge in [0, 0.05) is 16.6 Å². The van der Waals surface area contributed by atoms with E-state index in [1.54, 1.807) is 0 Å². The molecule has 0 spiro atoms. The van der Waals surface area contributed by atoms with E-state index >= 15 is 0 Å². The van der Waals surface area contributed by atoms with Crippen LogP contribution in [-0.2, 0) is 12.8 Å². The highest BCUT2D eigenvalue weighted by Gasteiger charge is 2.27. The molecule has 0 saturated carbocycles. The second kappa shape index (κ2) is 6.64. The molecule has 1 aromatic carbocycles. The molecule has 0 fully saturated rings. The number of anilines is 1. The molecule has 1 aromatic heterocycles. The molecule has 1 N–H and O–H groups in total. The van der Waals surface area contributed by atoms with Gasteiger partial charge in [-0.25, -0.2) is 4.98 Å². The summed E-state index contributed by atoms with van der Waals surface area (Å²) in [5.74, 6) is 0.728. The van der Waals surface area contributed by atoms with Gasteiger partial charge in [0.2, 0.25) is 0 Å². The summed E-state index contributed by atoms with van der Waals surface area (Å²) >= 11 is 5.92. The Morgan fingerprint density at radius 2 is 1.96 bits per heavy atom. The largest absolute Gasteiger partial charge is 0.288 e. The van der Waals surface area contributed by atoms with E-state index in [9.17, 15) is 4.79 Å². The molecule has 0 saturated heterocycles. The van der Waals surface area contributed by atoms with Gasteiger partial charge in [-0.15, -0.1) is 0 Å². The molecule has 1 atom stereocenters. The minimum absolute atomic E-state index is 0.131. The molecule has 2 heterocycles. The van der Waals surface area contributed by atoms with Crippen molar-refractivity contribution in [3.63, 3.8) is 0 Å². The average molecular weight is 357 g/mol. The number of fused-ring (bicyclic) bond motifs is 2. The number of halogens is 1. The minimum Gasteiger partial charge on any atom is -0.288 e. The van der Waals surface area contributed by atoms with Crippen LogP contribution >= 0.6 is 11.6 Å². The molecule has 0 bridgehead atoms. The monoisotopic (exact) mass is 356 g/mol. The fourth-order valence-corrected chi connectivity index (χ4v) is 3.75. The molecule has 2 aromatic rings. The van der Waals surface area contributed by atoms with E-state index in [4.69, 9.17) is 16.6 Å². The zero-order valence-electron chi connectivity index (χ0n) is 14.3. The van der Waals surface area contributed by atoms with Crippen LogP contribution in [0.25, 0.3) is 0 Å². The van der Waals surface area contributed by atoms with Gasteiger partial charge in [0.25, 0.3) is 5.56 Å². The second-order valence-electron chi connectivity index (χ2n) is 6.81. The molecule has 6 heteroatoms. The van der Waals surface area contributed by atoms with Crippen molar-refractivity contribution in [2.45, 2.75) is 51.5 Å². The summed E-state index contributed by atoms with van der Waals surface area (Å²) in [6, 6.07) is 7.56. The number of nitrogens with one attached hydrogen (secondary N) is 1. The number of rotatable bonds is 2. The standard InChI is InChI=1S/C19H21ClN4O/c1-12-6-11-17(23-22-14-9-7-13(20)8-10-14)18-21-16-5-3-2-4-15(16)19(25)24(12)18/h7-10,12,22H,2-6,11H2,1H3/b23-17+. The number of nitrogens with zero attached hydrogens (tertiary/aromatic N) is 3. The summed E-state index contributed by atoms with van der Waals surface area (Å²) in [4.78, 5) is 17.8. The Balaban J connectivity index is 1.74. The van der Waals surface area contributed by atoms with E-state index in [0.29, 0.717) is 5.02 Å². The van der Waals surface area contributed by atoms with Gasteiger partial charge >= 0.3 is 0 Å². The number of aryl methyl sites for hydroxylation is 1. The van der Waals surface area contributed by atoms with Crippen LogP contribution in [0.2, 0.25) is 5.02 Å². The summed E-state index contributed by atoms with van der Waals surface area (Å²) in [6.45, 7) is 2.09. The lowest BCUT2D eigenvalue weighted by atomic mass is 9.95. The van der Waals surface area contributed by atoms with Crippen molar-refractivity contribution in [1.29, 1.82) is 0 Å². The van der Waals surface area contributed by atoms with Crippen molar-refractivity contribution in [2.75, 3.05) is 5.43 Å². The highest BCUT2D eigenvalue weighted by atomic mass is 35.5. The summed E-state index contributed by atoms with van der Waals surface area (Å²) in [7, 11) is 0. The Hall–Kier alpha value is -2.14. The zero-order chi connectivity index (χ0) is 17.4. The predicted octanol–water partition coefficient (Wildman–Crippen LogP) is 3.95. The SMILES string of the molecule is CC1CC/C(=N\Nc2ccc(Cl)cc2)c2nc3c(c(=O)n21)CCCC3. The molecule has 25 heavy (non-hydrogen) atoms. The Bertz CT molecular complexity index is 886. The normalized spacial score (nSPS) is 20.9. The van der Waals surface area contributed by atoms with Gasteiger partial charge in [-0.05, 0) is 69.7 Å².